The Morgan fingerprint density at radius 3 is 2.36 bits per heavy atom. The van der Waals surface area contributed by atoms with Crippen LogP contribution >= 0.6 is 35.0 Å². The third-order valence-electron chi connectivity index (χ3n) is 4.30. The molecule has 0 saturated carbocycles. The predicted molar refractivity (Wildman–Crippen MR) is 110 cm³/mol. The lowest BCUT2D eigenvalue weighted by Crippen LogP contribution is -2.13. The van der Waals surface area contributed by atoms with Gasteiger partial charge in [-0.05, 0) is 57.2 Å². The number of nitrogens with zero attached hydrogens (tertiary/aromatic N) is 2. The third-order valence-corrected chi connectivity index (χ3v) is 6.51. The Kier molecular flexibility index (Phi) is 6.00. The van der Waals surface area contributed by atoms with Crippen molar-refractivity contribution < 1.29 is 0 Å². The molecule has 0 radical (unpaired) electrons. The molecule has 0 fully saturated rings. The van der Waals surface area contributed by atoms with Gasteiger partial charge in [-0.1, -0.05) is 59.2 Å². The fourth-order valence-corrected chi connectivity index (χ4v) is 4.79. The summed E-state index contributed by atoms with van der Waals surface area (Å²) in [6.07, 6.45) is 2.15. The maximum absolute atomic E-state index is 6.41. The van der Waals surface area contributed by atoms with Gasteiger partial charge in [-0.3, -0.25) is 0 Å². The average Bonchev–Trinajstić information content (AvgIpc) is 2.84. The van der Waals surface area contributed by atoms with Gasteiger partial charge in [0.2, 0.25) is 0 Å². The fraction of sp³-hybridized carbons (Fsp3) is 0.300. The maximum atomic E-state index is 6.41. The van der Waals surface area contributed by atoms with E-state index in [4.69, 9.17) is 23.2 Å². The van der Waals surface area contributed by atoms with Crippen molar-refractivity contribution in [3.8, 4) is 0 Å². The summed E-state index contributed by atoms with van der Waals surface area (Å²) in [7, 11) is 6.34. The van der Waals surface area contributed by atoms with Crippen molar-refractivity contribution in [1.82, 2.24) is 9.47 Å². The van der Waals surface area contributed by atoms with Crippen LogP contribution in [-0.2, 0) is 13.5 Å². The Bertz CT molecular complexity index is 867. The van der Waals surface area contributed by atoms with Gasteiger partial charge < -0.3 is 9.47 Å². The molecule has 25 heavy (non-hydrogen) atoms. The third kappa shape index (κ3) is 4.01. The lowest BCUT2D eigenvalue weighted by Gasteiger charge is -2.12. The van der Waals surface area contributed by atoms with Gasteiger partial charge >= 0.3 is 0 Å². The Labute approximate surface area is 163 Å². The molecule has 3 aromatic rings. The Morgan fingerprint density at radius 2 is 1.68 bits per heavy atom. The van der Waals surface area contributed by atoms with E-state index in [1.807, 2.05) is 18.2 Å². The average molecular weight is 393 g/mol. The molecule has 0 aliphatic rings. The summed E-state index contributed by atoms with van der Waals surface area (Å²) >= 11 is 14.5. The van der Waals surface area contributed by atoms with E-state index in [1.165, 1.54) is 21.5 Å². The van der Waals surface area contributed by atoms with E-state index in [0.717, 1.165) is 24.3 Å². The number of para-hydroxylation sites is 1. The van der Waals surface area contributed by atoms with Crippen LogP contribution in [0.5, 0.6) is 0 Å². The van der Waals surface area contributed by atoms with Crippen LogP contribution in [-0.4, -0.2) is 30.1 Å². The van der Waals surface area contributed by atoms with Crippen molar-refractivity contribution in [2.75, 3.05) is 20.6 Å². The first-order valence-electron chi connectivity index (χ1n) is 8.32. The fourth-order valence-electron chi connectivity index (χ4n) is 3.07. The van der Waals surface area contributed by atoms with E-state index in [0.29, 0.717) is 10.0 Å². The largest absolute Gasteiger partial charge is 0.338 e. The molecule has 132 valence electrons. The molecular weight excluding hydrogens is 371 g/mol. The van der Waals surface area contributed by atoms with E-state index in [1.54, 1.807) is 11.8 Å². The Hall–Kier alpha value is -1.13. The van der Waals surface area contributed by atoms with Crippen LogP contribution in [0.3, 0.4) is 0 Å². The van der Waals surface area contributed by atoms with Gasteiger partial charge in [-0.15, -0.1) is 0 Å². The molecular formula is C20H22Cl2N2S. The van der Waals surface area contributed by atoms with Crippen molar-refractivity contribution >= 4 is 45.9 Å². The monoisotopic (exact) mass is 392 g/mol. The number of hydrogen-bond acceptors (Lipinski definition) is 2. The second kappa shape index (κ2) is 8.05. The van der Waals surface area contributed by atoms with Crippen molar-refractivity contribution in [2.24, 2.45) is 7.05 Å². The van der Waals surface area contributed by atoms with Crippen LogP contribution in [0.25, 0.3) is 10.9 Å². The molecule has 1 aromatic heterocycles. The van der Waals surface area contributed by atoms with E-state index < -0.39 is 0 Å². The Balaban J connectivity index is 2.05. The molecule has 0 aliphatic heterocycles. The zero-order valence-electron chi connectivity index (χ0n) is 14.7. The van der Waals surface area contributed by atoms with Crippen molar-refractivity contribution in [1.29, 1.82) is 0 Å². The molecule has 2 aromatic carbocycles. The van der Waals surface area contributed by atoms with Gasteiger partial charge in [-0.25, -0.2) is 0 Å². The van der Waals surface area contributed by atoms with Crippen LogP contribution in [0.1, 0.15) is 12.0 Å². The summed E-state index contributed by atoms with van der Waals surface area (Å²) in [5.41, 5.74) is 2.62. The number of fused-ring (bicyclic) bond motifs is 1. The molecule has 0 saturated heterocycles. The number of hydrogen-bond donors (Lipinski definition) is 0. The number of rotatable bonds is 6. The van der Waals surface area contributed by atoms with E-state index in [2.05, 4.69) is 54.9 Å². The topological polar surface area (TPSA) is 8.17 Å². The summed E-state index contributed by atoms with van der Waals surface area (Å²) in [5, 5.41) is 3.92. The molecule has 0 unspecified atom stereocenters. The first-order chi connectivity index (χ1) is 12.0. The summed E-state index contributed by atoms with van der Waals surface area (Å²) in [6.45, 7) is 1.07. The van der Waals surface area contributed by atoms with Gasteiger partial charge in [0.1, 0.15) is 0 Å². The molecule has 0 atom stereocenters. The normalized spacial score (nSPS) is 11.6. The van der Waals surface area contributed by atoms with E-state index >= 15 is 0 Å². The second-order valence-electron chi connectivity index (χ2n) is 6.42. The highest BCUT2D eigenvalue weighted by Gasteiger charge is 2.18. The molecule has 5 heteroatoms. The standard InChI is InChI=1S/C20H22Cl2N2S/c1-23(2)13-7-9-15-14-8-4-5-12-18(14)24(3)20(15)25-19-16(21)10-6-11-17(19)22/h4-6,8,10-12H,7,9,13H2,1-3H3. The summed E-state index contributed by atoms with van der Waals surface area (Å²) in [5.74, 6) is 0. The van der Waals surface area contributed by atoms with Gasteiger partial charge in [0.05, 0.1) is 20.0 Å². The molecule has 0 bridgehead atoms. The minimum Gasteiger partial charge on any atom is -0.338 e. The lowest BCUT2D eigenvalue weighted by atomic mass is 10.1. The first-order valence-corrected chi connectivity index (χ1v) is 9.89. The molecule has 1 heterocycles. The quantitative estimate of drug-likeness (QED) is 0.498. The zero-order chi connectivity index (χ0) is 18.0. The Morgan fingerprint density at radius 1 is 1.00 bits per heavy atom. The number of halogens is 2. The molecule has 0 aliphatic carbocycles. The molecule has 0 amide bonds. The minimum absolute atomic E-state index is 0.696. The summed E-state index contributed by atoms with van der Waals surface area (Å²) in [6, 6.07) is 14.2. The first kappa shape index (κ1) is 18.7. The molecule has 0 spiro atoms. The van der Waals surface area contributed by atoms with Crippen LogP contribution in [0.2, 0.25) is 10.0 Å². The van der Waals surface area contributed by atoms with Gasteiger partial charge in [0.15, 0.2) is 0 Å². The van der Waals surface area contributed by atoms with Crippen LogP contribution in [0.15, 0.2) is 52.4 Å². The number of aromatic nitrogens is 1. The van der Waals surface area contributed by atoms with Gasteiger partial charge in [0.25, 0.3) is 0 Å². The second-order valence-corrected chi connectivity index (χ2v) is 8.23. The highest BCUT2D eigenvalue weighted by atomic mass is 35.5. The summed E-state index contributed by atoms with van der Waals surface area (Å²) in [4.78, 5) is 3.15. The number of aryl methyl sites for hydroxylation is 2. The highest BCUT2D eigenvalue weighted by Crippen LogP contribution is 2.42. The van der Waals surface area contributed by atoms with Gasteiger partial charge in [-0.2, -0.15) is 0 Å². The zero-order valence-corrected chi connectivity index (χ0v) is 17.0. The smallest absolute Gasteiger partial charge is 0.0838 e. The van der Waals surface area contributed by atoms with Crippen molar-refractivity contribution in [3.63, 3.8) is 0 Å². The van der Waals surface area contributed by atoms with E-state index in [9.17, 15) is 0 Å². The predicted octanol–water partition coefficient (Wildman–Crippen LogP) is 6.13. The number of benzene rings is 2. The van der Waals surface area contributed by atoms with Crippen LogP contribution in [0, 0.1) is 0 Å². The van der Waals surface area contributed by atoms with Crippen molar-refractivity contribution in [3.05, 3.63) is 58.1 Å². The van der Waals surface area contributed by atoms with Crippen LogP contribution < -0.4 is 0 Å². The van der Waals surface area contributed by atoms with Crippen molar-refractivity contribution in [2.45, 2.75) is 22.8 Å². The molecule has 3 rings (SSSR count). The summed E-state index contributed by atoms with van der Waals surface area (Å²) < 4.78 is 2.25. The molecule has 2 nitrogen and oxygen atoms in total. The molecule has 0 N–H and O–H groups in total. The SMILES string of the molecule is CN(C)CCCc1c(Sc2c(Cl)cccc2Cl)n(C)c2ccccc12. The van der Waals surface area contributed by atoms with E-state index in [-0.39, 0.29) is 0 Å². The van der Waals surface area contributed by atoms with Crippen LogP contribution in [0.4, 0.5) is 0 Å². The highest BCUT2D eigenvalue weighted by molar-refractivity contribution is 7.99. The lowest BCUT2D eigenvalue weighted by molar-refractivity contribution is 0.400. The maximum Gasteiger partial charge on any atom is 0.0838 e. The van der Waals surface area contributed by atoms with Gasteiger partial charge in [0, 0.05) is 18.0 Å². The minimum atomic E-state index is 0.696.